The fraction of sp³-hybridized carbons (Fsp3) is 0.238. The third kappa shape index (κ3) is 6.75. The summed E-state index contributed by atoms with van der Waals surface area (Å²) in [5.74, 6) is -0.617. The van der Waals surface area contributed by atoms with Crippen molar-refractivity contribution in [3.05, 3.63) is 65.5 Å². The average molecular weight is 387 g/mol. The molecule has 0 fully saturated rings. The first-order valence-electron chi connectivity index (χ1n) is 8.62. The molecular weight excluding hydrogens is 365 g/mol. The maximum Gasteiger partial charge on any atom is 0.344 e. The summed E-state index contributed by atoms with van der Waals surface area (Å²) >= 11 is 0. The molecule has 0 radical (unpaired) electrons. The zero-order chi connectivity index (χ0) is 20.4. The van der Waals surface area contributed by atoms with Crippen LogP contribution in [0.4, 0.5) is 4.39 Å². The molecule has 0 bridgehead atoms. The molecule has 148 valence electrons. The van der Waals surface area contributed by atoms with Crippen molar-refractivity contribution in [2.75, 3.05) is 20.3 Å². The number of benzene rings is 2. The summed E-state index contributed by atoms with van der Waals surface area (Å²) in [7, 11) is 1.51. The summed E-state index contributed by atoms with van der Waals surface area (Å²) in [5.41, 5.74) is 1.67. The second kappa shape index (κ2) is 10.7. The molecule has 1 N–H and O–H groups in total. The Balaban J connectivity index is 1.74. The normalized spacial score (nSPS) is 10.5. The van der Waals surface area contributed by atoms with Gasteiger partial charge in [0.05, 0.1) is 7.11 Å². The van der Waals surface area contributed by atoms with E-state index >= 15 is 0 Å². The van der Waals surface area contributed by atoms with E-state index in [1.54, 1.807) is 24.3 Å². The van der Waals surface area contributed by atoms with Crippen molar-refractivity contribution in [1.82, 2.24) is 5.32 Å². The van der Waals surface area contributed by atoms with E-state index in [2.05, 4.69) is 5.32 Å². The van der Waals surface area contributed by atoms with Crippen molar-refractivity contribution in [3.63, 3.8) is 0 Å². The summed E-state index contributed by atoms with van der Waals surface area (Å²) in [4.78, 5) is 23.5. The Bertz CT molecular complexity index is 833. The number of ether oxygens (including phenoxy) is 3. The SMILES string of the molecule is C/C=C/c1ccc(OCC(=O)OCC(=O)NCc2ccc(F)cc2)c(OC)c1. The molecule has 0 saturated heterocycles. The third-order valence-corrected chi connectivity index (χ3v) is 3.66. The summed E-state index contributed by atoms with van der Waals surface area (Å²) < 4.78 is 28.4. The van der Waals surface area contributed by atoms with Crippen LogP contribution in [0.25, 0.3) is 6.08 Å². The number of rotatable bonds is 9. The topological polar surface area (TPSA) is 73.9 Å². The van der Waals surface area contributed by atoms with Crippen LogP contribution >= 0.6 is 0 Å². The van der Waals surface area contributed by atoms with Crippen LogP contribution in [0.5, 0.6) is 11.5 Å². The van der Waals surface area contributed by atoms with E-state index < -0.39 is 18.5 Å². The molecule has 7 heteroatoms. The molecule has 0 spiro atoms. The lowest BCUT2D eigenvalue weighted by Crippen LogP contribution is -2.29. The summed E-state index contributed by atoms with van der Waals surface area (Å²) in [6.45, 7) is 1.33. The quantitative estimate of drug-likeness (QED) is 0.670. The van der Waals surface area contributed by atoms with Gasteiger partial charge in [-0.15, -0.1) is 0 Å². The van der Waals surface area contributed by atoms with E-state index in [0.717, 1.165) is 11.1 Å². The first-order valence-corrected chi connectivity index (χ1v) is 8.62. The van der Waals surface area contributed by atoms with Gasteiger partial charge in [0.15, 0.2) is 24.7 Å². The molecule has 0 aromatic heterocycles. The molecule has 6 nitrogen and oxygen atoms in total. The average Bonchev–Trinajstić information content (AvgIpc) is 2.71. The summed E-state index contributed by atoms with van der Waals surface area (Å²) in [6, 6.07) is 11.0. The zero-order valence-electron chi connectivity index (χ0n) is 15.7. The van der Waals surface area contributed by atoms with E-state index in [0.29, 0.717) is 11.5 Å². The molecule has 0 aliphatic heterocycles. The van der Waals surface area contributed by atoms with Crippen LogP contribution in [-0.2, 0) is 20.9 Å². The highest BCUT2D eigenvalue weighted by molar-refractivity contribution is 5.80. The smallest absolute Gasteiger partial charge is 0.344 e. The van der Waals surface area contributed by atoms with Crippen LogP contribution in [0.15, 0.2) is 48.5 Å². The Kier molecular flexibility index (Phi) is 8.02. The second-order valence-corrected chi connectivity index (χ2v) is 5.76. The van der Waals surface area contributed by atoms with E-state index in [1.165, 1.54) is 19.2 Å². The van der Waals surface area contributed by atoms with Gasteiger partial charge >= 0.3 is 5.97 Å². The van der Waals surface area contributed by atoms with Gasteiger partial charge < -0.3 is 19.5 Å². The Hall–Kier alpha value is -3.35. The number of esters is 1. The van der Waals surface area contributed by atoms with Crippen LogP contribution in [-0.4, -0.2) is 32.2 Å². The van der Waals surface area contributed by atoms with Crippen molar-refractivity contribution >= 4 is 18.0 Å². The standard InChI is InChI=1S/C21H22FNO5/c1-3-4-15-7-10-18(19(11-15)26-2)27-14-21(25)28-13-20(24)23-12-16-5-8-17(22)9-6-16/h3-11H,12-14H2,1-2H3,(H,23,24)/b4-3+. The van der Waals surface area contributed by atoms with Gasteiger partial charge in [0, 0.05) is 6.54 Å². The maximum atomic E-state index is 12.8. The third-order valence-electron chi connectivity index (χ3n) is 3.66. The molecule has 0 aliphatic carbocycles. The second-order valence-electron chi connectivity index (χ2n) is 5.76. The molecule has 2 aromatic rings. The van der Waals surface area contributed by atoms with Gasteiger partial charge in [0.2, 0.25) is 0 Å². The zero-order valence-corrected chi connectivity index (χ0v) is 15.7. The fourth-order valence-corrected chi connectivity index (χ4v) is 2.28. The van der Waals surface area contributed by atoms with Crippen LogP contribution < -0.4 is 14.8 Å². The van der Waals surface area contributed by atoms with Crippen molar-refractivity contribution < 1.29 is 28.2 Å². The molecule has 0 saturated carbocycles. The minimum atomic E-state index is -0.684. The maximum absolute atomic E-state index is 12.8. The van der Waals surface area contributed by atoms with Crippen LogP contribution in [0.3, 0.4) is 0 Å². The van der Waals surface area contributed by atoms with Gasteiger partial charge in [0.1, 0.15) is 5.82 Å². The highest BCUT2D eigenvalue weighted by atomic mass is 19.1. The van der Waals surface area contributed by atoms with Gasteiger partial charge in [-0.1, -0.05) is 30.4 Å². The number of hydrogen-bond acceptors (Lipinski definition) is 5. The van der Waals surface area contributed by atoms with E-state index in [4.69, 9.17) is 14.2 Å². The minimum absolute atomic E-state index is 0.211. The Labute approximate surface area is 162 Å². The summed E-state index contributed by atoms with van der Waals surface area (Å²) in [6.07, 6.45) is 3.80. The Morgan fingerprint density at radius 2 is 1.82 bits per heavy atom. The van der Waals surface area contributed by atoms with Gasteiger partial charge in [-0.3, -0.25) is 4.79 Å². The Morgan fingerprint density at radius 3 is 2.50 bits per heavy atom. The number of amides is 1. The van der Waals surface area contributed by atoms with Crippen LogP contribution in [0, 0.1) is 5.82 Å². The number of carbonyl (C=O) groups is 2. The van der Waals surface area contributed by atoms with Crippen molar-refractivity contribution in [1.29, 1.82) is 0 Å². The van der Waals surface area contributed by atoms with Gasteiger partial charge in [-0.2, -0.15) is 0 Å². The predicted molar refractivity (Wildman–Crippen MR) is 102 cm³/mol. The number of halogens is 1. The van der Waals surface area contributed by atoms with Crippen LogP contribution in [0.2, 0.25) is 0 Å². The fourth-order valence-electron chi connectivity index (χ4n) is 2.28. The lowest BCUT2D eigenvalue weighted by Gasteiger charge is -2.11. The highest BCUT2D eigenvalue weighted by Crippen LogP contribution is 2.28. The first-order chi connectivity index (χ1) is 13.5. The van der Waals surface area contributed by atoms with Gasteiger partial charge in [-0.25, -0.2) is 9.18 Å². The molecule has 2 aromatic carbocycles. The Morgan fingerprint density at radius 1 is 1.07 bits per heavy atom. The molecule has 0 heterocycles. The molecule has 0 aliphatic rings. The first kappa shape index (κ1) is 21.0. The predicted octanol–water partition coefficient (Wildman–Crippen LogP) is 3.11. The molecule has 1 amide bonds. The van der Waals surface area contributed by atoms with E-state index in [1.807, 2.05) is 25.1 Å². The number of nitrogens with one attached hydrogen (secondary N) is 1. The summed E-state index contributed by atoms with van der Waals surface area (Å²) in [5, 5.41) is 2.58. The van der Waals surface area contributed by atoms with E-state index in [9.17, 15) is 14.0 Å². The van der Waals surface area contributed by atoms with Crippen molar-refractivity contribution in [2.24, 2.45) is 0 Å². The number of methoxy groups -OCH3 is 1. The molecule has 28 heavy (non-hydrogen) atoms. The monoisotopic (exact) mass is 387 g/mol. The lowest BCUT2D eigenvalue weighted by molar-refractivity contribution is -0.150. The van der Waals surface area contributed by atoms with Gasteiger partial charge in [-0.05, 0) is 42.3 Å². The number of hydrogen-bond donors (Lipinski definition) is 1. The van der Waals surface area contributed by atoms with Crippen molar-refractivity contribution in [3.8, 4) is 11.5 Å². The van der Waals surface area contributed by atoms with Gasteiger partial charge in [0.25, 0.3) is 5.91 Å². The van der Waals surface area contributed by atoms with Crippen molar-refractivity contribution in [2.45, 2.75) is 13.5 Å². The molecule has 0 unspecified atom stereocenters. The number of carbonyl (C=O) groups excluding carboxylic acids is 2. The molecule has 2 rings (SSSR count). The number of allylic oxidation sites excluding steroid dienone is 1. The molecular formula is C21H22FNO5. The lowest BCUT2D eigenvalue weighted by atomic mass is 10.2. The molecule has 0 atom stereocenters. The van der Waals surface area contributed by atoms with E-state index in [-0.39, 0.29) is 19.0 Å². The minimum Gasteiger partial charge on any atom is -0.493 e. The largest absolute Gasteiger partial charge is 0.493 e. The highest BCUT2D eigenvalue weighted by Gasteiger charge is 2.11. The van der Waals surface area contributed by atoms with Crippen LogP contribution in [0.1, 0.15) is 18.1 Å².